The topological polar surface area (TPSA) is 60.2 Å². The van der Waals surface area contributed by atoms with E-state index in [1.807, 2.05) is 54.6 Å². The minimum Gasteiger partial charge on any atom is -0.457 e. The first-order valence-electron chi connectivity index (χ1n) is 7.40. The van der Waals surface area contributed by atoms with Gasteiger partial charge in [0.05, 0.1) is 6.61 Å². The van der Waals surface area contributed by atoms with Crippen LogP contribution in [0.5, 0.6) is 0 Å². The van der Waals surface area contributed by atoms with Crippen molar-refractivity contribution in [2.24, 2.45) is 0 Å². The van der Waals surface area contributed by atoms with Crippen molar-refractivity contribution < 1.29 is 9.15 Å². The minimum absolute atomic E-state index is 0.431. The van der Waals surface area contributed by atoms with Crippen molar-refractivity contribution in [2.75, 3.05) is 11.9 Å². The number of ether oxygens (including phenoxy) is 1. The number of aromatic nitrogens is 2. The largest absolute Gasteiger partial charge is 0.457 e. The molecule has 1 aliphatic rings. The van der Waals surface area contributed by atoms with Crippen molar-refractivity contribution in [2.45, 2.75) is 6.61 Å². The highest BCUT2D eigenvalue weighted by Crippen LogP contribution is 2.23. The molecule has 0 radical (unpaired) electrons. The lowest BCUT2D eigenvalue weighted by molar-refractivity contribution is 0.132. The second kappa shape index (κ2) is 6.06. The van der Waals surface area contributed by atoms with E-state index in [4.69, 9.17) is 9.15 Å². The fourth-order valence-electron chi connectivity index (χ4n) is 2.41. The molecule has 23 heavy (non-hydrogen) atoms. The summed E-state index contributed by atoms with van der Waals surface area (Å²) in [6, 6.07) is 13.7. The molecule has 1 N–H and O–H groups in total. The van der Waals surface area contributed by atoms with Crippen molar-refractivity contribution in [3.8, 4) is 11.5 Å². The number of hydrogen-bond donors (Lipinski definition) is 1. The molecular weight excluding hydrogens is 290 g/mol. The summed E-state index contributed by atoms with van der Waals surface area (Å²) in [5.41, 5.74) is 2.75. The van der Waals surface area contributed by atoms with Crippen LogP contribution in [-0.4, -0.2) is 16.6 Å². The van der Waals surface area contributed by atoms with Crippen LogP contribution in [0.25, 0.3) is 17.5 Å². The smallest absolute Gasteiger partial charge is 0.227 e. The molecule has 5 heteroatoms. The van der Waals surface area contributed by atoms with Crippen LogP contribution in [0.1, 0.15) is 11.3 Å². The zero-order valence-corrected chi connectivity index (χ0v) is 12.4. The van der Waals surface area contributed by atoms with E-state index in [0.717, 1.165) is 22.7 Å². The van der Waals surface area contributed by atoms with Crippen LogP contribution in [0.4, 0.5) is 11.6 Å². The third kappa shape index (κ3) is 3.14. The van der Waals surface area contributed by atoms with E-state index in [1.54, 1.807) is 6.20 Å². The Morgan fingerprint density at radius 2 is 2.09 bits per heavy atom. The van der Waals surface area contributed by atoms with Crippen molar-refractivity contribution in [1.29, 1.82) is 0 Å². The van der Waals surface area contributed by atoms with E-state index in [1.165, 1.54) is 0 Å². The van der Waals surface area contributed by atoms with Crippen LogP contribution in [0, 0.1) is 0 Å². The lowest BCUT2D eigenvalue weighted by Gasteiger charge is -2.06. The molecule has 0 saturated heterocycles. The molecule has 1 aromatic carbocycles. The summed E-state index contributed by atoms with van der Waals surface area (Å²) >= 11 is 0. The number of rotatable bonds is 0. The molecule has 6 bridgehead atoms. The molecule has 0 saturated carbocycles. The van der Waals surface area contributed by atoms with Crippen LogP contribution < -0.4 is 5.32 Å². The van der Waals surface area contributed by atoms with Gasteiger partial charge in [0.2, 0.25) is 5.95 Å². The Labute approximate surface area is 133 Å². The van der Waals surface area contributed by atoms with Crippen molar-refractivity contribution in [3.05, 3.63) is 66.1 Å². The lowest BCUT2D eigenvalue weighted by Crippen LogP contribution is -1.97. The number of fused-ring (bicyclic) bond motifs is 7. The van der Waals surface area contributed by atoms with E-state index in [0.29, 0.717) is 24.9 Å². The fraction of sp³-hybridized carbons (Fsp3) is 0.111. The summed E-state index contributed by atoms with van der Waals surface area (Å²) in [5, 5.41) is 3.22. The van der Waals surface area contributed by atoms with E-state index >= 15 is 0 Å². The van der Waals surface area contributed by atoms with Gasteiger partial charge in [-0.3, -0.25) is 0 Å². The predicted molar refractivity (Wildman–Crippen MR) is 88.1 cm³/mol. The molecule has 4 rings (SSSR count). The predicted octanol–water partition coefficient (Wildman–Crippen LogP) is 4.02. The summed E-state index contributed by atoms with van der Waals surface area (Å²) in [6.07, 6.45) is 5.72. The molecule has 0 amide bonds. The van der Waals surface area contributed by atoms with Crippen LogP contribution in [0.15, 0.2) is 59.2 Å². The quantitative estimate of drug-likeness (QED) is 0.679. The van der Waals surface area contributed by atoms with Crippen LogP contribution in [-0.2, 0) is 11.3 Å². The van der Waals surface area contributed by atoms with Gasteiger partial charge in [-0.05, 0) is 35.9 Å². The third-order valence-corrected chi connectivity index (χ3v) is 3.48. The molecule has 3 aromatic rings. The zero-order chi connectivity index (χ0) is 15.5. The molecule has 0 atom stereocenters. The van der Waals surface area contributed by atoms with Gasteiger partial charge in [-0.2, -0.15) is 0 Å². The van der Waals surface area contributed by atoms with Gasteiger partial charge in [-0.25, -0.2) is 9.97 Å². The molecule has 5 nitrogen and oxygen atoms in total. The van der Waals surface area contributed by atoms with Gasteiger partial charge in [0, 0.05) is 11.9 Å². The van der Waals surface area contributed by atoms with Gasteiger partial charge in [0.1, 0.15) is 18.1 Å². The highest BCUT2D eigenvalue weighted by molar-refractivity contribution is 5.62. The van der Waals surface area contributed by atoms with Gasteiger partial charge in [0.15, 0.2) is 5.76 Å². The SMILES string of the molecule is C1=C\c2cccc(c2)Nc2nccc(n2)-c2ccc(o2)COC/1. The molecule has 0 spiro atoms. The summed E-state index contributed by atoms with van der Waals surface area (Å²) in [5.74, 6) is 2.01. The Balaban J connectivity index is 1.75. The first-order chi connectivity index (χ1) is 11.4. The average molecular weight is 305 g/mol. The van der Waals surface area contributed by atoms with Gasteiger partial charge in [-0.1, -0.05) is 24.3 Å². The van der Waals surface area contributed by atoms with Crippen molar-refractivity contribution in [3.63, 3.8) is 0 Å². The lowest BCUT2D eigenvalue weighted by atomic mass is 10.2. The normalized spacial score (nSPS) is 15.1. The van der Waals surface area contributed by atoms with E-state index in [-0.39, 0.29) is 0 Å². The standard InChI is InChI=1S/C18H15N3O2/c1-3-13-4-2-10-22-12-15-6-7-17(23-15)16-8-9-19-18(21-16)20-14(5-1)11-13/h1-9,11H,10,12H2,(H,19,20,21)/b4-2-. The highest BCUT2D eigenvalue weighted by atomic mass is 16.5. The zero-order valence-electron chi connectivity index (χ0n) is 12.4. The second-order valence-electron chi connectivity index (χ2n) is 5.20. The summed E-state index contributed by atoms with van der Waals surface area (Å²) in [4.78, 5) is 8.78. The van der Waals surface area contributed by atoms with Crippen LogP contribution in [0.3, 0.4) is 0 Å². The fourth-order valence-corrected chi connectivity index (χ4v) is 2.41. The van der Waals surface area contributed by atoms with Crippen LogP contribution >= 0.6 is 0 Å². The number of hydrogen-bond acceptors (Lipinski definition) is 5. The average Bonchev–Trinajstić information content (AvgIpc) is 3.03. The number of furan rings is 1. The molecule has 1 aliphatic heterocycles. The Kier molecular flexibility index (Phi) is 3.62. The Morgan fingerprint density at radius 3 is 3.09 bits per heavy atom. The van der Waals surface area contributed by atoms with E-state index in [2.05, 4.69) is 15.3 Å². The van der Waals surface area contributed by atoms with Crippen LogP contribution in [0.2, 0.25) is 0 Å². The van der Waals surface area contributed by atoms with Crippen molar-refractivity contribution >= 4 is 17.7 Å². The first kappa shape index (κ1) is 13.7. The first-order valence-corrected chi connectivity index (χ1v) is 7.40. The maximum Gasteiger partial charge on any atom is 0.227 e. The van der Waals surface area contributed by atoms with E-state index < -0.39 is 0 Å². The number of anilines is 2. The van der Waals surface area contributed by atoms with Gasteiger partial charge in [-0.15, -0.1) is 0 Å². The van der Waals surface area contributed by atoms with E-state index in [9.17, 15) is 0 Å². The third-order valence-electron chi connectivity index (χ3n) is 3.48. The number of nitrogens with one attached hydrogen (secondary N) is 1. The minimum atomic E-state index is 0.431. The molecule has 0 aliphatic carbocycles. The Morgan fingerprint density at radius 1 is 1.09 bits per heavy atom. The Hall–Kier alpha value is -2.92. The van der Waals surface area contributed by atoms with Crippen molar-refractivity contribution in [1.82, 2.24) is 9.97 Å². The highest BCUT2D eigenvalue weighted by Gasteiger charge is 2.08. The molecule has 0 unspecified atom stereocenters. The number of nitrogens with zero attached hydrogens (tertiary/aromatic N) is 2. The number of benzene rings is 1. The molecule has 2 aromatic heterocycles. The molecule has 0 fully saturated rings. The van der Waals surface area contributed by atoms with Gasteiger partial charge >= 0.3 is 0 Å². The van der Waals surface area contributed by atoms with Gasteiger partial charge < -0.3 is 14.5 Å². The Bertz CT molecular complexity index is 855. The summed E-state index contributed by atoms with van der Waals surface area (Å²) in [7, 11) is 0. The molecule has 3 heterocycles. The monoisotopic (exact) mass is 305 g/mol. The summed E-state index contributed by atoms with van der Waals surface area (Å²) < 4.78 is 11.4. The summed E-state index contributed by atoms with van der Waals surface area (Å²) in [6.45, 7) is 0.960. The maximum absolute atomic E-state index is 5.78. The maximum atomic E-state index is 5.78. The molecule has 114 valence electrons. The molecular formula is C18H15N3O2. The van der Waals surface area contributed by atoms with Gasteiger partial charge in [0.25, 0.3) is 0 Å². The second-order valence-corrected chi connectivity index (χ2v) is 5.20.